The smallest absolute Gasteiger partial charge is 0.433 e. The van der Waals surface area contributed by atoms with Gasteiger partial charge in [0.25, 0.3) is 0 Å². The average molecular weight is 508 g/mol. The molecule has 8 nitrogen and oxygen atoms in total. The van der Waals surface area contributed by atoms with E-state index in [1.807, 2.05) is 0 Å². The van der Waals surface area contributed by atoms with Crippen LogP contribution in [0.4, 0.5) is 27.8 Å². The number of anilines is 1. The van der Waals surface area contributed by atoms with E-state index >= 15 is 0 Å². The monoisotopic (exact) mass is 508 g/mol. The number of halogens is 5. The first-order valence-corrected chi connectivity index (χ1v) is 10.9. The summed E-state index contributed by atoms with van der Waals surface area (Å²) in [5, 5.41) is 0. The summed E-state index contributed by atoms with van der Waals surface area (Å²) < 4.78 is 84.9. The molecule has 3 aliphatic rings. The van der Waals surface area contributed by atoms with Crippen LogP contribution >= 0.6 is 0 Å². The van der Waals surface area contributed by atoms with E-state index in [1.54, 1.807) is 10.6 Å². The number of alkyl halides is 3. The number of morpholine rings is 1. The molecule has 0 amide bonds. The zero-order chi connectivity index (χ0) is 25.2. The van der Waals surface area contributed by atoms with Gasteiger partial charge in [-0.3, -0.25) is 4.57 Å². The van der Waals surface area contributed by atoms with Crippen LogP contribution < -0.4 is 20.1 Å². The molecule has 36 heavy (non-hydrogen) atoms. The van der Waals surface area contributed by atoms with Crippen LogP contribution in [0.5, 0.6) is 17.4 Å². The first-order valence-electron chi connectivity index (χ1n) is 10.9. The molecule has 188 valence electrons. The summed E-state index contributed by atoms with van der Waals surface area (Å²) in [6, 6.07) is 5.09. The zero-order valence-electron chi connectivity index (χ0n) is 18.4. The first-order chi connectivity index (χ1) is 17.1. The lowest BCUT2D eigenvalue weighted by Gasteiger charge is -2.32. The van der Waals surface area contributed by atoms with Crippen LogP contribution in [-0.2, 0) is 24.1 Å². The van der Waals surface area contributed by atoms with Crippen LogP contribution in [0.1, 0.15) is 17.7 Å². The Morgan fingerprint density at radius 1 is 1.17 bits per heavy atom. The number of rotatable bonds is 5. The highest BCUT2D eigenvalue weighted by atomic mass is 19.4. The van der Waals surface area contributed by atoms with E-state index in [0.717, 1.165) is 30.8 Å². The second kappa shape index (κ2) is 7.88. The lowest BCUT2D eigenvalue weighted by molar-refractivity contribution is -0.141. The lowest BCUT2D eigenvalue weighted by Crippen LogP contribution is -2.46. The Balaban J connectivity index is 1.17. The van der Waals surface area contributed by atoms with Gasteiger partial charge in [0.15, 0.2) is 17.4 Å². The number of nitrogens with zero attached hydrogens (tertiary/aromatic N) is 4. The molecule has 5 heterocycles. The van der Waals surface area contributed by atoms with Crippen LogP contribution in [0.15, 0.2) is 41.3 Å². The molecule has 0 N–H and O–H groups in total. The highest BCUT2D eigenvalue weighted by Gasteiger charge is 2.56. The summed E-state index contributed by atoms with van der Waals surface area (Å²) in [6.07, 6.45) is -2.98. The number of ether oxygens (including phenoxy) is 3. The summed E-state index contributed by atoms with van der Waals surface area (Å²) in [6.45, 7) is 1.39. The average Bonchev–Trinajstić information content (AvgIpc) is 3.49. The summed E-state index contributed by atoms with van der Waals surface area (Å²) in [4.78, 5) is 21.8. The van der Waals surface area contributed by atoms with Gasteiger partial charge in [-0.2, -0.15) is 18.2 Å². The maximum Gasteiger partial charge on any atom is 0.433 e. The molecule has 2 saturated heterocycles. The fourth-order valence-corrected chi connectivity index (χ4v) is 4.94. The molecule has 0 unspecified atom stereocenters. The molecule has 13 heteroatoms. The van der Waals surface area contributed by atoms with Gasteiger partial charge in [0.05, 0.1) is 31.0 Å². The van der Waals surface area contributed by atoms with Gasteiger partial charge in [-0.1, -0.05) is 0 Å². The van der Waals surface area contributed by atoms with Crippen molar-refractivity contribution in [3.63, 3.8) is 0 Å². The van der Waals surface area contributed by atoms with Crippen molar-refractivity contribution in [1.82, 2.24) is 14.5 Å². The van der Waals surface area contributed by atoms with Crippen molar-refractivity contribution in [3.8, 4) is 17.4 Å². The predicted octanol–water partition coefficient (Wildman–Crippen LogP) is 3.67. The molecule has 1 spiro atoms. The van der Waals surface area contributed by atoms with Gasteiger partial charge in [-0.05, 0) is 29.8 Å². The molecule has 3 aromatic rings. The molecule has 2 fully saturated rings. The topological polar surface area (TPSA) is 78.7 Å². The summed E-state index contributed by atoms with van der Waals surface area (Å²) >= 11 is 0. The Hall–Kier alpha value is -3.74. The van der Waals surface area contributed by atoms with Gasteiger partial charge in [-0.25, -0.2) is 18.6 Å². The molecule has 6 rings (SSSR count). The SMILES string of the molecule is O=c1nc(OCc2cc(F)c(Oc3ccc(C(F)(F)F)nc3)c(F)c2)cc2n1C[C@@]13CO[C@@H](CN21)C3. The Morgan fingerprint density at radius 3 is 2.61 bits per heavy atom. The van der Waals surface area contributed by atoms with Crippen molar-refractivity contribution in [2.24, 2.45) is 0 Å². The molecular formula is C23H17F5N4O4. The highest BCUT2D eigenvalue weighted by Crippen LogP contribution is 2.46. The number of benzene rings is 1. The van der Waals surface area contributed by atoms with Gasteiger partial charge in [0.2, 0.25) is 5.88 Å². The lowest BCUT2D eigenvalue weighted by atomic mass is 10.0. The van der Waals surface area contributed by atoms with Crippen LogP contribution in [0.2, 0.25) is 0 Å². The third-order valence-electron chi connectivity index (χ3n) is 6.54. The van der Waals surface area contributed by atoms with Gasteiger partial charge < -0.3 is 19.1 Å². The normalized spacial score (nSPS) is 22.0. The summed E-state index contributed by atoms with van der Waals surface area (Å²) in [5.74, 6) is -2.57. The van der Waals surface area contributed by atoms with E-state index in [-0.39, 0.29) is 35.4 Å². The standard InChI is InChI=1S/C23H17F5N4O4/c24-15-3-12(4-16(25)20(15)36-13-1-2-17(29-7-13)23(26,27)28)9-34-18-5-19-31(21(33)30-18)10-22-6-14(35-11-22)8-32(19)22/h1-5,7,14H,6,8-11H2/t14-,22+/m1/s1. The van der Waals surface area contributed by atoms with Crippen LogP contribution in [0, 0.1) is 11.6 Å². The molecule has 0 saturated carbocycles. The molecule has 0 aliphatic carbocycles. The number of hydrogen-bond acceptors (Lipinski definition) is 7. The minimum absolute atomic E-state index is 0.0176. The van der Waals surface area contributed by atoms with Crippen molar-refractivity contribution >= 4 is 5.82 Å². The summed E-state index contributed by atoms with van der Waals surface area (Å²) in [7, 11) is 0. The first kappa shape index (κ1) is 22.7. The molecule has 2 bridgehead atoms. The van der Waals surface area contributed by atoms with Gasteiger partial charge in [0, 0.05) is 19.0 Å². The van der Waals surface area contributed by atoms with Gasteiger partial charge >= 0.3 is 11.9 Å². The van der Waals surface area contributed by atoms with Crippen LogP contribution in [0.25, 0.3) is 0 Å². The van der Waals surface area contributed by atoms with E-state index in [0.29, 0.717) is 31.6 Å². The molecule has 3 aliphatic heterocycles. The maximum absolute atomic E-state index is 14.6. The highest BCUT2D eigenvalue weighted by molar-refractivity contribution is 5.52. The third kappa shape index (κ3) is 3.74. The Bertz CT molecular complexity index is 1390. The quantitative estimate of drug-likeness (QED) is 0.487. The second-order valence-corrected chi connectivity index (χ2v) is 8.95. The fourth-order valence-electron chi connectivity index (χ4n) is 4.94. The van der Waals surface area contributed by atoms with Crippen molar-refractivity contribution in [1.29, 1.82) is 0 Å². The predicted molar refractivity (Wildman–Crippen MR) is 113 cm³/mol. The van der Waals surface area contributed by atoms with E-state index in [4.69, 9.17) is 14.2 Å². The van der Waals surface area contributed by atoms with E-state index in [1.165, 1.54) is 0 Å². The zero-order valence-corrected chi connectivity index (χ0v) is 18.4. The van der Waals surface area contributed by atoms with Crippen LogP contribution in [-0.4, -0.2) is 39.3 Å². The molecular weight excluding hydrogens is 491 g/mol. The minimum Gasteiger partial charge on any atom is -0.473 e. The largest absolute Gasteiger partial charge is 0.473 e. The number of aromatic nitrogens is 3. The van der Waals surface area contributed by atoms with Crippen molar-refractivity contribution in [2.45, 2.75) is 37.4 Å². The number of fused-ring (bicyclic) bond motifs is 3. The Morgan fingerprint density at radius 2 is 1.94 bits per heavy atom. The molecule has 2 aromatic heterocycles. The second-order valence-electron chi connectivity index (χ2n) is 8.95. The van der Waals surface area contributed by atoms with E-state index in [2.05, 4.69) is 14.9 Å². The van der Waals surface area contributed by atoms with E-state index < -0.39 is 34.9 Å². The fraction of sp³-hybridized carbons (Fsp3) is 0.348. The molecule has 1 aromatic carbocycles. The Kier molecular flexibility index (Phi) is 4.97. The molecule has 0 radical (unpaired) electrons. The minimum atomic E-state index is -4.65. The third-order valence-corrected chi connectivity index (χ3v) is 6.54. The van der Waals surface area contributed by atoms with E-state index in [9.17, 15) is 26.7 Å². The van der Waals surface area contributed by atoms with Crippen molar-refractivity contribution < 1.29 is 36.2 Å². The number of hydrogen-bond donors (Lipinski definition) is 0. The van der Waals surface area contributed by atoms with Gasteiger partial charge in [-0.15, -0.1) is 0 Å². The summed E-state index contributed by atoms with van der Waals surface area (Å²) in [5.41, 5.74) is -1.80. The maximum atomic E-state index is 14.6. The Labute approximate surface area is 199 Å². The van der Waals surface area contributed by atoms with Crippen LogP contribution in [0.3, 0.4) is 0 Å². The number of pyridine rings is 1. The van der Waals surface area contributed by atoms with Crippen molar-refractivity contribution in [3.05, 3.63) is 69.9 Å². The molecule has 2 atom stereocenters. The van der Waals surface area contributed by atoms with Gasteiger partial charge in [0.1, 0.15) is 23.9 Å². The van der Waals surface area contributed by atoms with Crippen molar-refractivity contribution in [2.75, 3.05) is 18.1 Å².